The molecule has 0 bridgehead atoms. The lowest BCUT2D eigenvalue weighted by molar-refractivity contribution is 0.753. The van der Waals surface area contributed by atoms with Crippen molar-refractivity contribution in [3.63, 3.8) is 0 Å². The number of aryl methyl sites for hydroxylation is 1. The molecular weight excluding hydrogens is 204 g/mol. The third kappa shape index (κ3) is 1.91. The summed E-state index contributed by atoms with van der Waals surface area (Å²) in [6, 6.07) is 2.40. The van der Waals surface area contributed by atoms with Gasteiger partial charge in [-0.1, -0.05) is 6.07 Å². The minimum atomic E-state index is 0.703. The van der Waals surface area contributed by atoms with Crippen LogP contribution in [0.1, 0.15) is 29.2 Å². The molecule has 0 saturated carbocycles. The summed E-state index contributed by atoms with van der Waals surface area (Å²) in [6.45, 7) is 2.30. The molecule has 2 aliphatic heterocycles. The number of rotatable bonds is 1. The molecule has 2 aliphatic rings. The van der Waals surface area contributed by atoms with Crippen molar-refractivity contribution in [2.75, 3.05) is 18.8 Å². The number of nitrogens with zero attached hydrogens (tertiary/aromatic N) is 1. The second kappa shape index (κ2) is 4.14. The van der Waals surface area contributed by atoms with Crippen LogP contribution in [0.3, 0.4) is 0 Å². The van der Waals surface area contributed by atoms with Crippen molar-refractivity contribution in [2.45, 2.75) is 24.5 Å². The Morgan fingerprint density at radius 1 is 1.47 bits per heavy atom. The number of thioether (sulfide) groups is 1. The molecule has 3 heteroatoms. The lowest BCUT2D eigenvalue weighted by Crippen LogP contribution is -2.10. The number of pyridine rings is 1. The maximum Gasteiger partial charge on any atom is 0.0452 e. The van der Waals surface area contributed by atoms with E-state index in [9.17, 15) is 0 Å². The van der Waals surface area contributed by atoms with Crippen LogP contribution in [0, 0.1) is 0 Å². The van der Waals surface area contributed by atoms with Crippen LogP contribution < -0.4 is 5.32 Å². The summed E-state index contributed by atoms with van der Waals surface area (Å²) in [6.07, 6.45) is 4.53. The monoisotopic (exact) mass is 220 g/mol. The number of hydrogen-bond donors (Lipinski definition) is 1. The molecule has 1 unspecified atom stereocenters. The van der Waals surface area contributed by atoms with Crippen LogP contribution in [0.15, 0.2) is 12.3 Å². The van der Waals surface area contributed by atoms with Crippen molar-refractivity contribution in [1.82, 2.24) is 10.3 Å². The Morgan fingerprint density at radius 2 is 2.47 bits per heavy atom. The summed E-state index contributed by atoms with van der Waals surface area (Å²) in [5, 5.41) is 3.42. The van der Waals surface area contributed by atoms with Gasteiger partial charge in [0.15, 0.2) is 0 Å². The molecule has 1 atom stereocenters. The summed E-state index contributed by atoms with van der Waals surface area (Å²) in [5.41, 5.74) is 4.26. The minimum absolute atomic E-state index is 0.703. The van der Waals surface area contributed by atoms with Crippen LogP contribution in [0.5, 0.6) is 0 Å². The second-order valence-electron chi connectivity index (χ2n) is 4.37. The Balaban J connectivity index is 1.89. The molecular formula is C12H16N2S. The van der Waals surface area contributed by atoms with E-state index < -0.39 is 0 Å². The van der Waals surface area contributed by atoms with E-state index in [4.69, 9.17) is 0 Å². The number of hydrogen-bond acceptors (Lipinski definition) is 3. The van der Waals surface area contributed by atoms with Crippen molar-refractivity contribution < 1.29 is 0 Å². The van der Waals surface area contributed by atoms with Crippen molar-refractivity contribution in [2.24, 2.45) is 0 Å². The summed E-state index contributed by atoms with van der Waals surface area (Å²) in [4.78, 5) is 4.62. The van der Waals surface area contributed by atoms with Gasteiger partial charge in [-0.2, -0.15) is 11.8 Å². The fourth-order valence-corrected chi connectivity index (χ4v) is 3.37. The van der Waals surface area contributed by atoms with E-state index in [0.717, 1.165) is 25.3 Å². The van der Waals surface area contributed by atoms with Crippen molar-refractivity contribution >= 4 is 11.8 Å². The van der Waals surface area contributed by atoms with Crippen LogP contribution in [-0.4, -0.2) is 23.8 Å². The molecule has 0 radical (unpaired) electrons. The average molecular weight is 220 g/mol. The van der Waals surface area contributed by atoms with E-state index in [1.807, 2.05) is 11.8 Å². The van der Waals surface area contributed by atoms with Gasteiger partial charge in [0.05, 0.1) is 0 Å². The summed E-state index contributed by atoms with van der Waals surface area (Å²) >= 11 is 2.03. The molecule has 2 nitrogen and oxygen atoms in total. The maximum absolute atomic E-state index is 4.62. The molecule has 3 rings (SSSR count). The topological polar surface area (TPSA) is 24.9 Å². The normalized spacial score (nSPS) is 25.2. The molecule has 15 heavy (non-hydrogen) atoms. The minimum Gasteiger partial charge on any atom is -0.316 e. The molecule has 80 valence electrons. The van der Waals surface area contributed by atoms with Gasteiger partial charge in [0.1, 0.15) is 0 Å². The van der Waals surface area contributed by atoms with Crippen molar-refractivity contribution in [1.29, 1.82) is 0 Å². The van der Waals surface area contributed by atoms with E-state index in [-0.39, 0.29) is 0 Å². The highest BCUT2D eigenvalue weighted by Crippen LogP contribution is 2.28. The summed E-state index contributed by atoms with van der Waals surface area (Å²) in [5.74, 6) is 3.11. The second-order valence-corrected chi connectivity index (χ2v) is 5.47. The van der Waals surface area contributed by atoms with Gasteiger partial charge in [-0.25, -0.2) is 0 Å². The Hall–Kier alpha value is -0.540. The number of aromatic nitrogens is 1. The largest absolute Gasteiger partial charge is 0.316 e. The Labute approximate surface area is 94.9 Å². The molecule has 1 aromatic heterocycles. The van der Waals surface area contributed by atoms with Crippen LogP contribution in [0.4, 0.5) is 0 Å². The lowest BCUT2D eigenvalue weighted by Gasteiger charge is -2.17. The first-order chi connectivity index (χ1) is 7.43. The van der Waals surface area contributed by atoms with Crippen LogP contribution >= 0.6 is 11.8 Å². The van der Waals surface area contributed by atoms with Crippen molar-refractivity contribution in [3.05, 3.63) is 29.1 Å². The molecule has 0 aromatic carbocycles. The summed E-state index contributed by atoms with van der Waals surface area (Å²) in [7, 11) is 0. The van der Waals surface area contributed by atoms with Gasteiger partial charge >= 0.3 is 0 Å². The van der Waals surface area contributed by atoms with Gasteiger partial charge in [0, 0.05) is 24.2 Å². The highest BCUT2D eigenvalue weighted by atomic mass is 32.2. The maximum atomic E-state index is 4.62. The van der Waals surface area contributed by atoms with Gasteiger partial charge in [-0.15, -0.1) is 0 Å². The standard InChI is InChI=1S/C12H16N2S/c1-3-13-6-9(1)10-5-11-8-15-4-2-12(11)14-7-10/h5,7,9,13H,1-4,6,8H2. The lowest BCUT2D eigenvalue weighted by atomic mass is 9.98. The van der Waals surface area contributed by atoms with Gasteiger partial charge in [-0.3, -0.25) is 4.98 Å². The predicted octanol–water partition coefficient (Wildman–Crippen LogP) is 1.95. The quantitative estimate of drug-likeness (QED) is 0.783. The van der Waals surface area contributed by atoms with Crippen LogP contribution in [0.2, 0.25) is 0 Å². The third-order valence-electron chi connectivity index (χ3n) is 3.35. The zero-order chi connectivity index (χ0) is 10.1. The van der Waals surface area contributed by atoms with E-state index in [2.05, 4.69) is 22.6 Å². The first kappa shape index (κ1) is 9.67. The molecule has 1 saturated heterocycles. The van der Waals surface area contributed by atoms with Crippen LogP contribution in [0.25, 0.3) is 0 Å². The molecule has 1 fully saturated rings. The van der Waals surface area contributed by atoms with Crippen molar-refractivity contribution in [3.8, 4) is 0 Å². The Bertz CT molecular complexity index is 359. The third-order valence-corrected chi connectivity index (χ3v) is 4.36. The molecule has 0 amide bonds. The fraction of sp³-hybridized carbons (Fsp3) is 0.583. The molecule has 1 aromatic rings. The highest BCUT2D eigenvalue weighted by Gasteiger charge is 2.19. The number of fused-ring (bicyclic) bond motifs is 1. The highest BCUT2D eigenvalue weighted by molar-refractivity contribution is 7.98. The van der Waals surface area contributed by atoms with Crippen LogP contribution in [-0.2, 0) is 12.2 Å². The first-order valence-electron chi connectivity index (χ1n) is 5.69. The Morgan fingerprint density at radius 3 is 3.33 bits per heavy atom. The zero-order valence-corrected chi connectivity index (χ0v) is 9.65. The predicted molar refractivity (Wildman–Crippen MR) is 64.3 cm³/mol. The van der Waals surface area contributed by atoms with Gasteiger partial charge < -0.3 is 5.32 Å². The fourth-order valence-electron chi connectivity index (χ4n) is 2.42. The molecule has 0 spiro atoms. The van der Waals surface area contributed by atoms with E-state index >= 15 is 0 Å². The summed E-state index contributed by atoms with van der Waals surface area (Å²) < 4.78 is 0. The van der Waals surface area contributed by atoms with Gasteiger partial charge in [0.2, 0.25) is 0 Å². The molecule has 1 N–H and O–H groups in total. The number of nitrogens with one attached hydrogen (secondary N) is 1. The van der Waals surface area contributed by atoms with Gasteiger partial charge in [0.25, 0.3) is 0 Å². The van der Waals surface area contributed by atoms with E-state index in [1.54, 1.807) is 0 Å². The van der Waals surface area contributed by atoms with E-state index in [0.29, 0.717) is 5.92 Å². The Kier molecular flexibility index (Phi) is 2.67. The average Bonchev–Trinajstić information content (AvgIpc) is 2.82. The molecule has 3 heterocycles. The zero-order valence-electron chi connectivity index (χ0n) is 8.83. The molecule has 0 aliphatic carbocycles. The smallest absolute Gasteiger partial charge is 0.0452 e. The van der Waals surface area contributed by atoms with Gasteiger partial charge in [-0.05, 0) is 42.2 Å². The SMILES string of the molecule is c1nc2c(cc1C1CCNC1)CSCC2. The van der Waals surface area contributed by atoms with E-state index in [1.165, 1.54) is 29.0 Å². The first-order valence-corrected chi connectivity index (χ1v) is 6.85.